The highest BCUT2D eigenvalue weighted by Gasteiger charge is 2.16. The van der Waals surface area contributed by atoms with Crippen molar-refractivity contribution >= 4 is 22.6 Å². The number of allylic oxidation sites excluding steroid dienone is 2. The van der Waals surface area contributed by atoms with E-state index in [-0.39, 0.29) is 17.1 Å². The zero-order valence-corrected chi connectivity index (χ0v) is 15.9. The van der Waals surface area contributed by atoms with Crippen molar-refractivity contribution < 1.29 is 13.9 Å². The Bertz CT molecular complexity index is 1020. The van der Waals surface area contributed by atoms with Gasteiger partial charge in [-0.05, 0) is 62.6 Å². The van der Waals surface area contributed by atoms with Crippen molar-refractivity contribution in [3.63, 3.8) is 0 Å². The molecule has 28 heavy (non-hydrogen) atoms. The number of carbonyl (C=O) groups excluding carboxylic acids is 1. The third-order valence-electron chi connectivity index (χ3n) is 4.21. The molecule has 144 valence electrons. The van der Waals surface area contributed by atoms with E-state index in [1.54, 1.807) is 43.5 Å². The number of benzene rings is 1. The molecule has 2 aromatic heterocycles. The van der Waals surface area contributed by atoms with Crippen molar-refractivity contribution in [3.05, 3.63) is 71.8 Å². The van der Waals surface area contributed by atoms with Gasteiger partial charge in [-0.15, -0.1) is 0 Å². The molecule has 0 spiro atoms. The molecule has 1 aromatic carbocycles. The molecule has 0 aliphatic heterocycles. The lowest BCUT2D eigenvalue weighted by Gasteiger charge is -2.12. The zero-order chi connectivity index (χ0) is 19.9. The van der Waals surface area contributed by atoms with Crippen LogP contribution < -0.4 is 10.1 Å². The number of anilines is 1. The van der Waals surface area contributed by atoms with Crippen LogP contribution in [-0.4, -0.2) is 22.5 Å². The second kappa shape index (κ2) is 9.08. The fourth-order valence-corrected chi connectivity index (χ4v) is 2.78. The largest absolute Gasteiger partial charge is 0.490 e. The van der Waals surface area contributed by atoms with Crippen molar-refractivity contribution in [1.82, 2.24) is 9.97 Å². The molecular weight excluding hydrogens is 357 g/mol. The first-order valence-corrected chi connectivity index (χ1v) is 9.16. The number of rotatable bonds is 7. The minimum Gasteiger partial charge on any atom is -0.490 e. The molecule has 0 saturated carbocycles. The SMILES string of the molecule is CC=CCCCOc1cccc(NC(=O)c2nc3cccnc3cc2C)c1F. The van der Waals surface area contributed by atoms with E-state index in [0.29, 0.717) is 23.2 Å². The molecule has 0 fully saturated rings. The van der Waals surface area contributed by atoms with Gasteiger partial charge in [0.2, 0.25) is 0 Å². The van der Waals surface area contributed by atoms with Gasteiger partial charge in [-0.1, -0.05) is 18.2 Å². The molecule has 1 amide bonds. The van der Waals surface area contributed by atoms with Gasteiger partial charge in [-0.2, -0.15) is 0 Å². The van der Waals surface area contributed by atoms with Crippen LogP contribution in [0.15, 0.2) is 54.7 Å². The van der Waals surface area contributed by atoms with Crippen molar-refractivity contribution in [2.24, 2.45) is 0 Å². The van der Waals surface area contributed by atoms with Gasteiger partial charge in [-0.25, -0.2) is 9.37 Å². The normalized spacial score (nSPS) is 11.1. The molecule has 3 rings (SSSR count). The Morgan fingerprint density at radius 1 is 1.25 bits per heavy atom. The Morgan fingerprint density at radius 3 is 2.93 bits per heavy atom. The number of aryl methyl sites for hydroxylation is 1. The van der Waals surface area contributed by atoms with E-state index < -0.39 is 11.7 Å². The molecule has 0 aliphatic rings. The van der Waals surface area contributed by atoms with Crippen LogP contribution in [0.5, 0.6) is 5.75 Å². The summed E-state index contributed by atoms with van der Waals surface area (Å²) in [6.07, 6.45) is 7.33. The summed E-state index contributed by atoms with van der Waals surface area (Å²) in [5.41, 5.74) is 2.27. The molecule has 0 aliphatic carbocycles. The first-order chi connectivity index (χ1) is 13.6. The van der Waals surface area contributed by atoms with Crippen LogP contribution in [-0.2, 0) is 0 Å². The fraction of sp³-hybridized carbons (Fsp3) is 0.227. The Labute approximate surface area is 163 Å². The Balaban J connectivity index is 1.75. The number of ether oxygens (including phenoxy) is 1. The number of carbonyl (C=O) groups is 1. The van der Waals surface area contributed by atoms with Crippen molar-refractivity contribution in [2.75, 3.05) is 11.9 Å². The summed E-state index contributed by atoms with van der Waals surface area (Å²) in [5.74, 6) is -0.958. The smallest absolute Gasteiger partial charge is 0.274 e. The first kappa shape index (κ1) is 19.5. The highest BCUT2D eigenvalue weighted by atomic mass is 19.1. The molecule has 3 aromatic rings. The Morgan fingerprint density at radius 2 is 2.11 bits per heavy atom. The predicted molar refractivity (Wildman–Crippen MR) is 108 cm³/mol. The van der Waals surface area contributed by atoms with Crippen molar-refractivity contribution in [3.8, 4) is 5.75 Å². The maximum Gasteiger partial charge on any atom is 0.274 e. The van der Waals surface area contributed by atoms with Crippen LogP contribution in [0, 0.1) is 12.7 Å². The van der Waals surface area contributed by atoms with Crippen LogP contribution in [0.3, 0.4) is 0 Å². The summed E-state index contributed by atoms with van der Waals surface area (Å²) < 4.78 is 20.2. The minimum atomic E-state index is -0.595. The molecule has 5 nitrogen and oxygen atoms in total. The van der Waals surface area contributed by atoms with E-state index in [4.69, 9.17) is 4.74 Å². The monoisotopic (exact) mass is 379 g/mol. The second-order valence-corrected chi connectivity index (χ2v) is 6.33. The summed E-state index contributed by atoms with van der Waals surface area (Å²) in [5, 5.41) is 2.60. The van der Waals surface area contributed by atoms with Crippen LogP contribution >= 0.6 is 0 Å². The fourth-order valence-electron chi connectivity index (χ4n) is 2.78. The molecule has 1 N–H and O–H groups in total. The number of nitrogens with zero attached hydrogens (tertiary/aromatic N) is 2. The lowest BCUT2D eigenvalue weighted by Crippen LogP contribution is -2.16. The lowest BCUT2D eigenvalue weighted by molar-refractivity contribution is 0.102. The third kappa shape index (κ3) is 4.52. The van der Waals surface area contributed by atoms with Gasteiger partial charge >= 0.3 is 0 Å². The van der Waals surface area contributed by atoms with Crippen molar-refractivity contribution in [2.45, 2.75) is 26.7 Å². The standard InChI is InChI=1S/C22H22FN3O2/c1-3-4-5-6-13-28-19-11-7-9-17(20(19)23)26-22(27)21-15(2)14-18-16(25-21)10-8-12-24-18/h3-4,7-12,14H,5-6,13H2,1-2H3,(H,26,27). The lowest BCUT2D eigenvalue weighted by atomic mass is 10.1. The average molecular weight is 379 g/mol. The molecule has 0 radical (unpaired) electrons. The van der Waals surface area contributed by atoms with Crippen LogP contribution in [0.4, 0.5) is 10.1 Å². The van der Waals surface area contributed by atoms with E-state index in [0.717, 1.165) is 12.8 Å². The van der Waals surface area contributed by atoms with Gasteiger partial charge in [0.15, 0.2) is 11.6 Å². The number of aromatic nitrogens is 2. The number of hydrogen-bond acceptors (Lipinski definition) is 4. The van der Waals surface area contributed by atoms with E-state index in [1.165, 1.54) is 6.07 Å². The number of fused-ring (bicyclic) bond motifs is 1. The average Bonchev–Trinajstić information content (AvgIpc) is 2.69. The summed E-state index contributed by atoms with van der Waals surface area (Å²) in [4.78, 5) is 21.3. The topological polar surface area (TPSA) is 64.1 Å². The van der Waals surface area contributed by atoms with E-state index in [1.807, 2.05) is 19.1 Å². The van der Waals surface area contributed by atoms with Gasteiger partial charge in [0.1, 0.15) is 5.69 Å². The molecule has 6 heteroatoms. The molecule has 0 bridgehead atoms. The number of pyridine rings is 2. The van der Waals surface area contributed by atoms with Gasteiger partial charge in [0.05, 0.1) is 23.3 Å². The molecule has 0 unspecified atom stereocenters. The minimum absolute atomic E-state index is 0.0587. The summed E-state index contributed by atoms with van der Waals surface area (Å²) in [7, 11) is 0. The molecular formula is C22H22FN3O2. The van der Waals surface area contributed by atoms with Crippen LogP contribution in [0.25, 0.3) is 11.0 Å². The number of hydrogen-bond donors (Lipinski definition) is 1. The predicted octanol–water partition coefficient (Wildman–Crippen LogP) is 5.06. The molecule has 0 saturated heterocycles. The van der Waals surface area contributed by atoms with E-state index >= 15 is 0 Å². The van der Waals surface area contributed by atoms with Gasteiger partial charge < -0.3 is 10.1 Å². The summed E-state index contributed by atoms with van der Waals surface area (Å²) in [6.45, 7) is 4.13. The van der Waals surface area contributed by atoms with E-state index in [9.17, 15) is 9.18 Å². The van der Waals surface area contributed by atoms with Crippen LogP contribution in [0.1, 0.15) is 35.8 Å². The highest BCUT2D eigenvalue weighted by molar-refractivity contribution is 6.05. The van der Waals surface area contributed by atoms with Gasteiger partial charge in [0.25, 0.3) is 5.91 Å². The van der Waals surface area contributed by atoms with Gasteiger partial charge in [-0.3, -0.25) is 9.78 Å². The van der Waals surface area contributed by atoms with Crippen LogP contribution in [0.2, 0.25) is 0 Å². The molecule has 2 heterocycles. The van der Waals surface area contributed by atoms with Crippen molar-refractivity contribution in [1.29, 1.82) is 0 Å². The van der Waals surface area contributed by atoms with E-state index in [2.05, 4.69) is 15.3 Å². The Kier molecular flexibility index (Phi) is 6.32. The second-order valence-electron chi connectivity index (χ2n) is 6.33. The Hall–Kier alpha value is -3.28. The molecule has 0 atom stereocenters. The number of nitrogens with one attached hydrogen (secondary N) is 1. The first-order valence-electron chi connectivity index (χ1n) is 9.16. The summed E-state index contributed by atoms with van der Waals surface area (Å²) in [6, 6.07) is 10.0. The number of amides is 1. The highest BCUT2D eigenvalue weighted by Crippen LogP contribution is 2.25. The maximum atomic E-state index is 14.7. The quantitative estimate of drug-likeness (QED) is 0.460. The third-order valence-corrected chi connectivity index (χ3v) is 4.21. The summed E-state index contributed by atoms with van der Waals surface area (Å²) >= 11 is 0. The van der Waals surface area contributed by atoms with Gasteiger partial charge in [0, 0.05) is 6.20 Å². The number of halogens is 1. The maximum absolute atomic E-state index is 14.7. The number of unbranched alkanes of at least 4 members (excludes halogenated alkanes) is 1. The zero-order valence-electron chi connectivity index (χ0n) is 15.9.